The molecule has 0 fully saturated rings. The van der Waals surface area contributed by atoms with Crippen LogP contribution < -0.4 is 10.1 Å². The lowest BCUT2D eigenvalue weighted by Crippen LogP contribution is -2.30. The molecular weight excluding hydrogens is 330 g/mol. The van der Waals surface area contributed by atoms with Crippen LogP contribution in [-0.2, 0) is 9.53 Å². The van der Waals surface area contributed by atoms with E-state index in [4.69, 9.17) is 21.1 Å². The van der Waals surface area contributed by atoms with Crippen molar-refractivity contribution in [2.24, 2.45) is 0 Å². The van der Waals surface area contributed by atoms with E-state index in [1.54, 1.807) is 62.4 Å². The number of carbonyl (C=O) groups excluding carboxylic acids is 2. The lowest BCUT2D eigenvalue weighted by Gasteiger charge is -2.15. The molecule has 2 aromatic rings. The zero-order valence-corrected chi connectivity index (χ0v) is 14.2. The molecule has 0 aromatic heterocycles. The molecule has 0 spiro atoms. The topological polar surface area (TPSA) is 64.6 Å². The summed E-state index contributed by atoms with van der Waals surface area (Å²) in [6.07, 6.45) is -0.701. The molecule has 0 bridgehead atoms. The molecule has 6 heteroatoms. The van der Waals surface area contributed by atoms with Crippen LogP contribution in [0.15, 0.2) is 48.5 Å². The van der Waals surface area contributed by atoms with Crippen molar-refractivity contribution in [1.82, 2.24) is 0 Å². The van der Waals surface area contributed by atoms with Crippen LogP contribution in [0.4, 0.5) is 5.69 Å². The quantitative estimate of drug-likeness (QED) is 0.804. The Morgan fingerprint density at radius 2 is 1.88 bits per heavy atom. The minimum Gasteiger partial charge on any atom is -0.481 e. The molecule has 2 aromatic carbocycles. The average molecular weight is 348 g/mol. The monoisotopic (exact) mass is 347 g/mol. The third-order valence-electron chi connectivity index (χ3n) is 3.14. The summed E-state index contributed by atoms with van der Waals surface area (Å²) in [5, 5.41) is 3.26. The van der Waals surface area contributed by atoms with E-state index >= 15 is 0 Å². The average Bonchev–Trinajstić information content (AvgIpc) is 2.55. The molecule has 0 saturated carbocycles. The summed E-state index contributed by atoms with van der Waals surface area (Å²) in [7, 11) is 0. The number of hydrogen-bond acceptors (Lipinski definition) is 4. The summed E-state index contributed by atoms with van der Waals surface area (Å²) in [6, 6.07) is 13.3. The highest BCUT2D eigenvalue weighted by molar-refractivity contribution is 6.30. The summed E-state index contributed by atoms with van der Waals surface area (Å²) in [4.78, 5) is 23.7. The predicted molar refractivity (Wildman–Crippen MR) is 92.6 cm³/mol. The molecule has 24 heavy (non-hydrogen) atoms. The summed E-state index contributed by atoms with van der Waals surface area (Å²) in [6.45, 7) is 3.70. The Balaban J connectivity index is 1.94. The van der Waals surface area contributed by atoms with Gasteiger partial charge in [-0.2, -0.15) is 0 Å². The van der Waals surface area contributed by atoms with Crippen molar-refractivity contribution in [1.29, 1.82) is 0 Å². The molecule has 1 atom stereocenters. The number of ether oxygens (including phenoxy) is 2. The molecule has 126 valence electrons. The van der Waals surface area contributed by atoms with Crippen LogP contribution in [0.25, 0.3) is 0 Å². The van der Waals surface area contributed by atoms with Gasteiger partial charge in [-0.15, -0.1) is 0 Å². The molecule has 0 radical (unpaired) electrons. The van der Waals surface area contributed by atoms with Gasteiger partial charge in [-0.25, -0.2) is 4.79 Å². The molecular formula is C18H18ClNO4. The highest BCUT2D eigenvalue weighted by Gasteiger charge is 2.15. The maximum absolute atomic E-state index is 12.2. The maximum atomic E-state index is 12.2. The van der Waals surface area contributed by atoms with E-state index in [1.165, 1.54) is 0 Å². The van der Waals surface area contributed by atoms with Crippen LogP contribution in [0, 0.1) is 0 Å². The number of hydrogen-bond donors (Lipinski definition) is 1. The van der Waals surface area contributed by atoms with Gasteiger partial charge in [0.1, 0.15) is 5.75 Å². The number of benzene rings is 2. The minimum atomic E-state index is -0.701. The van der Waals surface area contributed by atoms with Crippen molar-refractivity contribution < 1.29 is 19.1 Å². The van der Waals surface area contributed by atoms with Crippen LogP contribution in [0.5, 0.6) is 5.75 Å². The number of amides is 1. The van der Waals surface area contributed by atoms with Crippen molar-refractivity contribution in [2.45, 2.75) is 20.0 Å². The molecule has 2 rings (SSSR count). The highest BCUT2D eigenvalue weighted by atomic mass is 35.5. The van der Waals surface area contributed by atoms with Gasteiger partial charge < -0.3 is 14.8 Å². The van der Waals surface area contributed by atoms with Gasteiger partial charge in [-0.3, -0.25) is 4.79 Å². The lowest BCUT2D eigenvalue weighted by atomic mass is 10.2. The fraction of sp³-hybridized carbons (Fsp3) is 0.222. The third-order valence-corrected chi connectivity index (χ3v) is 3.38. The Hall–Kier alpha value is -2.53. The van der Waals surface area contributed by atoms with Crippen molar-refractivity contribution in [2.75, 3.05) is 11.9 Å². The standard InChI is InChI=1S/C18H18ClNO4/c1-3-23-18(22)13-7-9-15(10-8-13)20-17(21)12(2)24-16-6-4-5-14(19)11-16/h4-12H,3H2,1-2H3,(H,20,21). The Morgan fingerprint density at radius 1 is 1.17 bits per heavy atom. The molecule has 0 heterocycles. The number of esters is 1. The molecule has 0 saturated heterocycles. The first-order chi connectivity index (χ1) is 11.5. The fourth-order valence-corrected chi connectivity index (χ4v) is 2.13. The first-order valence-electron chi connectivity index (χ1n) is 7.50. The van der Waals surface area contributed by atoms with Gasteiger partial charge in [0.2, 0.25) is 0 Å². The lowest BCUT2D eigenvalue weighted by molar-refractivity contribution is -0.122. The van der Waals surface area contributed by atoms with Gasteiger partial charge in [0.25, 0.3) is 5.91 Å². The van der Waals surface area contributed by atoms with Crippen molar-refractivity contribution in [3.05, 3.63) is 59.1 Å². The smallest absolute Gasteiger partial charge is 0.338 e. The predicted octanol–water partition coefficient (Wildman–Crippen LogP) is 3.92. The SMILES string of the molecule is CCOC(=O)c1ccc(NC(=O)C(C)Oc2cccc(Cl)c2)cc1. The Labute approximate surface area is 145 Å². The van der Waals surface area contributed by atoms with Gasteiger partial charge in [0.05, 0.1) is 12.2 Å². The molecule has 1 N–H and O–H groups in total. The summed E-state index contributed by atoms with van der Waals surface area (Å²) in [5.41, 5.74) is 0.993. The number of nitrogens with one attached hydrogen (secondary N) is 1. The summed E-state index contributed by atoms with van der Waals surface area (Å²) >= 11 is 5.88. The molecule has 1 unspecified atom stereocenters. The van der Waals surface area contributed by atoms with Gasteiger partial charge in [-0.1, -0.05) is 17.7 Å². The van der Waals surface area contributed by atoms with E-state index < -0.39 is 12.1 Å². The van der Waals surface area contributed by atoms with Crippen molar-refractivity contribution in [3.63, 3.8) is 0 Å². The Bertz CT molecular complexity index is 715. The van der Waals surface area contributed by atoms with E-state index in [9.17, 15) is 9.59 Å². The second kappa shape index (κ2) is 8.36. The zero-order valence-electron chi connectivity index (χ0n) is 13.4. The molecule has 0 aliphatic rings. The number of halogens is 1. The van der Waals surface area contributed by atoms with Crippen LogP contribution in [-0.4, -0.2) is 24.6 Å². The normalized spacial score (nSPS) is 11.5. The zero-order chi connectivity index (χ0) is 17.5. The molecule has 0 aliphatic carbocycles. The maximum Gasteiger partial charge on any atom is 0.338 e. The third kappa shape index (κ3) is 4.99. The van der Waals surface area contributed by atoms with Crippen LogP contribution in [0.3, 0.4) is 0 Å². The Kier molecular flexibility index (Phi) is 6.21. The number of rotatable bonds is 6. The highest BCUT2D eigenvalue weighted by Crippen LogP contribution is 2.19. The molecule has 5 nitrogen and oxygen atoms in total. The Morgan fingerprint density at radius 3 is 2.50 bits per heavy atom. The first kappa shape index (κ1) is 17.8. The van der Waals surface area contributed by atoms with E-state index in [2.05, 4.69) is 5.32 Å². The van der Waals surface area contributed by atoms with Gasteiger partial charge >= 0.3 is 5.97 Å². The number of carbonyl (C=O) groups is 2. The van der Waals surface area contributed by atoms with E-state index in [1.807, 2.05) is 0 Å². The summed E-state index contributed by atoms with van der Waals surface area (Å²) in [5.74, 6) is -0.185. The number of anilines is 1. The van der Waals surface area contributed by atoms with Crippen molar-refractivity contribution >= 4 is 29.2 Å². The van der Waals surface area contributed by atoms with E-state index in [0.717, 1.165) is 0 Å². The first-order valence-corrected chi connectivity index (χ1v) is 7.87. The van der Waals surface area contributed by atoms with Crippen LogP contribution in [0.2, 0.25) is 5.02 Å². The molecule has 1 amide bonds. The van der Waals surface area contributed by atoms with Gasteiger partial charge in [0.15, 0.2) is 6.10 Å². The van der Waals surface area contributed by atoms with Crippen LogP contribution >= 0.6 is 11.6 Å². The van der Waals surface area contributed by atoms with E-state index in [-0.39, 0.29) is 5.91 Å². The molecule has 0 aliphatic heterocycles. The van der Waals surface area contributed by atoms with E-state index in [0.29, 0.717) is 28.6 Å². The summed E-state index contributed by atoms with van der Waals surface area (Å²) < 4.78 is 10.5. The van der Waals surface area contributed by atoms with Crippen molar-refractivity contribution in [3.8, 4) is 5.75 Å². The minimum absolute atomic E-state index is 0.307. The second-order valence-corrected chi connectivity index (χ2v) is 5.44. The second-order valence-electron chi connectivity index (χ2n) is 5.00. The van der Waals surface area contributed by atoms with Gasteiger partial charge in [-0.05, 0) is 56.3 Å². The largest absolute Gasteiger partial charge is 0.481 e. The van der Waals surface area contributed by atoms with Crippen LogP contribution in [0.1, 0.15) is 24.2 Å². The fourth-order valence-electron chi connectivity index (χ4n) is 1.95. The van der Waals surface area contributed by atoms with Gasteiger partial charge in [0, 0.05) is 10.7 Å².